The molecule has 1 rings (SSSR count). The summed E-state index contributed by atoms with van der Waals surface area (Å²) in [6.45, 7) is 8.01. The van der Waals surface area contributed by atoms with Crippen LogP contribution in [0.1, 0.15) is 32.1 Å². The molecule has 0 amide bonds. The lowest BCUT2D eigenvalue weighted by Gasteiger charge is -2.26. The first-order chi connectivity index (χ1) is 6.93. The Balaban J connectivity index is 2.37. The number of rotatable bonds is 5. The van der Waals surface area contributed by atoms with E-state index in [1.165, 1.54) is 5.56 Å². The van der Waals surface area contributed by atoms with Crippen LogP contribution in [0.15, 0.2) is 16.7 Å². The van der Waals surface area contributed by atoms with Crippen molar-refractivity contribution in [3.63, 3.8) is 0 Å². The lowest BCUT2D eigenvalue weighted by atomic mass is 9.95. The molecule has 2 nitrogen and oxygen atoms in total. The van der Waals surface area contributed by atoms with Crippen molar-refractivity contribution in [2.24, 2.45) is 5.92 Å². The number of thioether (sulfide) groups is 1. The summed E-state index contributed by atoms with van der Waals surface area (Å²) in [5.41, 5.74) is 0.595. The minimum atomic E-state index is -0.592. The van der Waals surface area contributed by atoms with Crippen molar-refractivity contribution in [2.45, 2.75) is 39.0 Å². The van der Waals surface area contributed by atoms with Crippen LogP contribution in [0.25, 0.3) is 0 Å². The number of aryl methyl sites for hydroxylation is 1. The van der Waals surface area contributed by atoms with E-state index in [0.29, 0.717) is 0 Å². The highest BCUT2D eigenvalue weighted by molar-refractivity contribution is 7.98. The van der Waals surface area contributed by atoms with Gasteiger partial charge >= 0.3 is 0 Å². The molecule has 1 heterocycles. The molecule has 1 atom stereocenters. The van der Waals surface area contributed by atoms with Crippen LogP contribution < -0.4 is 0 Å². The van der Waals surface area contributed by atoms with Crippen LogP contribution >= 0.6 is 11.8 Å². The second-order valence-corrected chi connectivity index (χ2v) is 5.52. The molecule has 0 saturated heterocycles. The van der Waals surface area contributed by atoms with Crippen molar-refractivity contribution >= 4 is 11.8 Å². The molecule has 3 heteroatoms. The first kappa shape index (κ1) is 12.7. The van der Waals surface area contributed by atoms with Crippen molar-refractivity contribution < 1.29 is 9.52 Å². The lowest BCUT2D eigenvalue weighted by molar-refractivity contribution is 0.0376. The molecule has 0 bridgehead atoms. The van der Waals surface area contributed by atoms with Crippen molar-refractivity contribution in [3.05, 3.63) is 23.7 Å². The van der Waals surface area contributed by atoms with Crippen molar-refractivity contribution in [1.29, 1.82) is 0 Å². The smallest absolute Gasteiger partial charge is 0.116 e. The second kappa shape index (κ2) is 5.08. The van der Waals surface area contributed by atoms with Crippen LogP contribution in [0, 0.1) is 12.8 Å². The summed E-state index contributed by atoms with van der Waals surface area (Å²) in [5, 5.41) is 10.0. The summed E-state index contributed by atoms with van der Waals surface area (Å²) < 4.78 is 5.34. The van der Waals surface area contributed by atoms with Gasteiger partial charge in [0.2, 0.25) is 0 Å². The van der Waals surface area contributed by atoms with Gasteiger partial charge in [0.15, 0.2) is 0 Å². The van der Waals surface area contributed by atoms with Crippen molar-refractivity contribution in [2.75, 3.05) is 5.75 Å². The number of hydrogen-bond acceptors (Lipinski definition) is 3. The Labute approximate surface area is 96.1 Å². The summed E-state index contributed by atoms with van der Waals surface area (Å²) in [4.78, 5) is 0. The van der Waals surface area contributed by atoms with Gasteiger partial charge in [0.05, 0.1) is 17.6 Å². The Morgan fingerprint density at radius 3 is 2.67 bits per heavy atom. The number of aliphatic hydroxyl groups is 1. The topological polar surface area (TPSA) is 33.4 Å². The van der Waals surface area contributed by atoms with E-state index in [4.69, 9.17) is 4.42 Å². The van der Waals surface area contributed by atoms with Crippen LogP contribution in [-0.2, 0) is 5.75 Å². The summed E-state index contributed by atoms with van der Waals surface area (Å²) in [7, 11) is 0. The maximum atomic E-state index is 10.0. The minimum Gasteiger partial charge on any atom is -0.468 e. The Kier molecular flexibility index (Phi) is 4.29. The van der Waals surface area contributed by atoms with Crippen LogP contribution in [-0.4, -0.2) is 16.5 Å². The highest BCUT2D eigenvalue weighted by Crippen LogP contribution is 2.25. The van der Waals surface area contributed by atoms with Crippen LogP contribution in [0.2, 0.25) is 0 Å². The maximum Gasteiger partial charge on any atom is 0.116 e. The summed E-state index contributed by atoms with van der Waals surface area (Å²) >= 11 is 1.72. The van der Waals surface area contributed by atoms with E-state index in [-0.39, 0.29) is 5.92 Å². The van der Waals surface area contributed by atoms with E-state index in [2.05, 4.69) is 0 Å². The van der Waals surface area contributed by atoms with E-state index in [1.54, 1.807) is 18.0 Å². The minimum absolute atomic E-state index is 0.280. The van der Waals surface area contributed by atoms with Gasteiger partial charge in [-0.3, -0.25) is 0 Å². The molecule has 1 aromatic rings. The molecular formula is C12H20O2S. The van der Waals surface area contributed by atoms with Gasteiger partial charge in [-0.25, -0.2) is 0 Å². The van der Waals surface area contributed by atoms with Gasteiger partial charge in [0, 0.05) is 5.75 Å². The Bertz CT molecular complexity index is 302. The SMILES string of the molecule is Cc1ccoc1CSCC(C)(O)C(C)C. The fourth-order valence-electron chi connectivity index (χ4n) is 1.07. The van der Waals surface area contributed by atoms with E-state index >= 15 is 0 Å². The standard InChI is InChI=1S/C12H20O2S/c1-9(2)12(4,13)8-15-7-11-10(3)5-6-14-11/h5-6,9,13H,7-8H2,1-4H3. The first-order valence-electron chi connectivity index (χ1n) is 5.26. The average molecular weight is 228 g/mol. The van der Waals surface area contributed by atoms with Crippen LogP contribution in [0.3, 0.4) is 0 Å². The van der Waals surface area contributed by atoms with E-state index in [0.717, 1.165) is 17.3 Å². The molecule has 0 spiro atoms. The molecule has 0 aliphatic carbocycles. The van der Waals surface area contributed by atoms with Gasteiger partial charge in [-0.1, -0.05) is 13.8 Å². The number of hydrogen-bond donors (Lipinski definition) is 1. The third-order valence-electron chi connectivity index (χ3n) is 2.84. The highest BCUT2D eigenvalue weighted by atomic mass is 32.2. The average Bonchev–Trinajstić information content (AvgIpc) is 2.51. The Morgan fingerprint density at radius 2 is 2.20 bits per heavy atom. The Morgan fingerprint density at radius 1 is 1.53 bits per heavy atom. The number of furan rings is 1. The summed E-state index contributed by atoms with van der Waals surface area (Å²) in [6.07, 6.45) is 1.71. The zero-order valence-corrected chi connectivity index (χ0v) is 10.7. The quantitative estimate of drug-likeness (QED) is 0.840. The predicted octanol–water partition coefficient (Wildman–Crippen LogP) is 3.23. The van der Waals surface area contributed by atoms with E-state index in [9.17, 15) is 5.11 Å². The van der Waals surface area contributed by atoms with Crippen LogP contribution in [0.4, 0.5) is 0 Å². The third kappa shape index (κ3) is 3.58. The Hall–Kier alpha value is -0.410. The summed E-state index contributed by atoms with van der Waals surface area (Å²) in [5.74, 6) is 2.87. The lowest BCUT2D eigenvalue weighted by Crippen LogP contribution is -2.33. The van der Waals surface area contributed by atoms with Gasteiger partial charge in [0.25, 0.3) is 0 Å². The van der Waals surface area contributed by atoms with Gasteiger partial charge in [-0.2, -0.15) is 11.8 Å². The largest absolute Gasteiger partial charge is 0.468 e. The van der Waals surface area contributed by atoms with Gasteiger partial charge < -0.3 is 9.52 Å². The monoisotopic (exact) mass is 228 g/mol. The van der Waals surface area contributed by atoms with E-state index < -0.39 is 5.60 Å². The molecule has 1 aromatic heterocycles. The molecule has 1 unspecified atom stereocenters. The normalized spacial score (nSPS) is 15.6. The van der Waals surface area contributed by atoms with Gasteiger partial charge in [-0.15, -0.1) is 0 Å². The van der Waals surface area contributed by atoms with Gasteiger partial charge in [0.1, 0.15) is 5.76 Å². The molecule has 86 valence electrons. The summed E-state index contributed by atoms with van der Waals surface area (Å²) in [6, 6.07) is 1.97. The molecule has 0 saturated carbocycles. The predicted molar refractivity (Wildman–Crippen MR) is 65.1 cm³/mol. The maximum absolute atomic E-state index is 10.0. The first-order valence-corrected chi connectivity index (χ1v) is 6.42. The van der Waals surface area contributed by atoms with Crippen molar-refractivity contribution in [1.82, 2.24) is 0 Å². The fraction of sp³-hybridized carbons (Fsp3) is 0.667. The zero-order chi connectivity index (χ0) is 11.5. The molecule has 0 aromatic carbocycles. The van der Waals surface area contributed by atoms with Crippen molar-refractivity contribution in [3.8, 4) is 0 Å². The third-order valence-corrected chi connectivity index (χ3v) is 4.09. The van der Waals surface area contributed by atoms with E-state index in [1.807, 2.05) is 33.8 Å². The second-order valence-electron chi connectivity index (χ2n) is 4.53. The molecule has 0 aliphatic rings. The molecule has 1 N–H and O–H groups in total. The molecular weight excluding hydrogens is 208 g/mol. The molecule has 15 heavy (non-hydrogen) atoms. The molecule has 0 aliphatic heterocycles. The highest BCUT2D eigenvalue weighted by Gasteiger charge is 2.24. The molecule has 0 radical (unpaired) electrons. The van der Waals surface area contributed by atoms with Crippen LogP contribution in [0.5, 0.6) is 0 Å². The zero-order valence-electron chi connectivity index (χ0n) is 9.91. The fourth-order valence-corrected chi connectivity index (χ4v) is 2.40. The van der Waals surface area contributed by atoms with Gasteiger partial charge in [-0.05, 0) is 31.4 Å². The molecule has 0 fully saturated rings.